The maximum absolute atomic E-state index is 6.36. The topological polar surface area (TPSA) is 37.0 Å². The van der Waals surface area contributed by atoms with Crippen LogP contribution in [0.15, 0.2) is 0 Å². The van der Waals surface area contributed by atoms with E-state index in [-0.39, 0.29) is 16.6 Å². The van der Waals surface area contributed by atoms with E-state index >= 15 is 0 Å². The first-order valence-corrected chi connectivity index (χ1v) is 53.9. The van der Waals surface area contributed by atoms with Gasteiger partial charge in [-0.3, -0.25) is 9.80 Å². The second-order valence-electron chi connectivity index (χ2n) is 64.1. The van der Waals surface area contributed by atoms with Crippen molar-refractivity contribution >= 4 is 0 Å². The Morgan fingerprint density at radius 3 is 0.903 bits per heavy atom. The van der Waals surface area contributed by atoms with Crippen LogP contribution >= 0.6 is 0 Å². The van der Waals surface area contributed by atoms with Gasteiger partial charge in [0.15, 0.2) is 0 Å². The highest BCUT2D eigenvalue weighted by molar-refractivity contribution is 5.25. The molecule has 0 radical (unpaired) electrons. The van der Waals surface area contributed by atoms with Crippen molar-refractivity contribution in [1.82, 2.24) is 15.1 Å². The highest BCUT2D eigenvalue weighted by Crippen LogP contribution is 2.80. The molecule has 1 N–H and O–H groups in total. The molecule has 0 amide bonds. The fourth-order valence-corrected chi connectivity index (χ4v) is 32.1. The third-order valence-corrected chi connectivity index (χ3v) is 45.5. The van der Waals surface area contributed by atoms with Gasteiger partial charge in [-0.2, -0.15) is 0 Å². The van der Waals surface area contributed by atoms with E-state index in [0.717, 1.165) is 105 Å². The average Bonchev–Trinajstić information content (AvgIpc) is 0.961. The van der Waals surface area contributed by atoms with Gasteiger partial charge in [0.2, 0.25) is 0 Å². The molecule has 5 nitrogen and oxygen atoms in total. The smallest absolute Gasteiger partial charge is 0.0743 e. The van der Waals surface area contributed by atoms with Gasteiger partial charge in [-0.25, -0.2) is 0 Å². The number of piperidine rings is 1. The minimum atomic E-state index is 0.167. The molecule has 0 aromatic heterocycles. The van der Waals surface area contributed by atoms with Gasteiger partial charge in [0, 0.05) is 48.2 Å². The predicted octanol–water partition coefficient (Wildman–Crippen LogP) is 34.5. The highest BCUT2D eigenvalue weighted by atomic mass is 16.5. The van der Waals surface area contributed by atoms with Crippen molar-refractivity contribution in [2.45, 2.75) is 546 Å². The van der Waals surface area contributed by atoms with E-state index in [1.54, 1.807) is 0 Å². The Kier molecular flexibility index (Phi) is 28.2. The molecule has 0 spiro atoms. The zero-order chi connectivity index (χ0) is 94.6. The van der Waals surface area contributed by atoms with E-state index < -0.39 is 0 Å². The zero-order valence-electron chi connectivity index (χ0n) is 93.5. The van der Waals surface area contributed by atoms with Crippen molar-refractivity contribution in [2.24, 2.45) is 172 Å². The Labute approximate surface area is 777 Å². The van der Waals surface area contributed by atoms with Gasteiger partial charge in [-0.15, -0.1) is 0 Å². The Bertz CT molecular complexity index is 3270. The molecule has 6 unspecified atom stereocenters. The highest BCUT2D eigenvalue weighted by Gasteiger charge is 2.73. The number of nitrogens with one attached hydrogen (secondary N) is 1. The first-order valence-electron chi connectivity index (χ1n) is 53.9. The van der Waals surface area contributed by atoms with E-state index in [9.17, 15) is 0 Å². The summed E-state index contributed by atoms with van der Waals surface area (Å²) in [5.74, 6) is 7.54. The molecule has 0 aromatic rings. The maximum atomic E-state index is 6.36. The molecular formula is C119H223N3O2. The van der Waals surface area contributed by atoms with Gasteiger partial charge in [0.1, 0.15) is 0 Å². The summed E-state index contributed by atoms with van der Waals surface area (Å²) in [5.41, 5.74) is 13.9. The molecule has 726 valence electrons. The van der Waals surface area contributed by atoms with Crippen molar-refractivity contribution in [3.8, 4) is 0 Å². The van der Waals surface area contributed by atoms with E-state index in [1.165, 1.54) is 206 Å². The van der Waals surface area contributed by atoms with Crippen LogP contribution < -0.4 is 5.32 Å². The normalized spacial score (nSPS) is 42.3. The summed E-state index contributed by atoms with van der Waals surface area (Å²) >= 11 is 0. The van der Waals surface area contributed by atoms with Crippen LogP contribution in [0.2, 0.25) is 0 Å². The Morgan fingerprint density at radius 1 is 0.298 bits per heavy atom. The first kappa shape index (κ1) is 106. The summed E-state index contributed by atoms with van der Waals surface area (Å²) in [6.45, 7) is 122. The minimum absolute atomic E-state index is 0.167. The van der Waals surface area contributed by atoms with Crippen LogP contribution in [-0.2, 0) is 9.47 Å². The fourth-order valence-electron chi connectivity index (χ4n) is 32.1. The Balaban J connectivity index is 0.000000146. The van der Waals surface area contributed by atoms with Crippen molar-refractivity contribution in [3.63, 3.8) is 0 Å². The summed E-state index contributed by atoms with van der Waals surface area (Å²) < 4.78 is 12.5. The number of fused-ring (bicyclic) bond motifs is 13. The van der Waals surface area contributed by atoms with Gasteiger partial charge in [-0.1, -0.05) is 312 Å². The molecule has 6 atom stereocenters. The number of nitrogens with zero attached hydrogens (tertiary/aromatic N) is 2. The van der Waals surface area contributed by atoms with Gasteiger partial charge in [0.25, 0.3) is 0 Å². The largest absolute Gasteiger partial charge is 0.374 e. The quantitative estimate of drug-likeness (QED) is 0.287. The van der Waals surface area contributed by atoms with Gasteiger partial charge in [-0.05, 0) is 374 Å². The van der Waals surface area contributed by atoms with Gasteiger partial charge < -0.3 is 14.8 Å². The summed E-state index contributed by atoms with van der Waals surface area (Å²) in [6, 6.07) is 1.69. The lowest BCUT2D eigenvalue weighted by Crippen LogP contribution is -2.66. The molecular weight excluding hydrogens is 1500 g/mol. The Morgan fingerprint density at radius 2 is 0.669 bits per heavy atom. The van der Waals surface area contributed by atoms with Gasteiger partial charge >= 0.3 is 0 Å². The third-order valence-electron chi connectivity index (χ3n) is 45.5. The van der Waals surface area contributed by atoms with Crippen LogP contribution in [-0.4, -0.2) is 83.6 Å². The fraction of sp³-hybridized carbons (Fsp3) is 1.00. The lowest BCUT2D eigenvalue weighted by atomic mass is 9.30. The molecule has 124 heavy (non-hydrogen) atoms. The van der Waals surface area contributed by atoms with Crippen LogP contribution in [0.1, 0.15) is 512 Å². The summed E-state index contributed by atoms with van der Waals surface area (Å²) in [4.78, 5) is 5.46. The van der Waals surface area contributed by atoms with Gasteiger partial charge in [0.05, 0.1) is 24.4 Å². The van der Waals surface area contributed by atoms with Crippen LogP contribution in [0, 0.1) is 172 Å². The van der Waals surface area contributed by atoms with Crippen molar-refractivity contribution in [2.75, 3.05) is 39.4 Å². The molecule has 24 aliphatic rings. The zero-order valence-corrected chi connectivity index (χ0v) is 93.5. The van der Waals surface area contributed by atoms with E-state index in [0.29, 0.717) is 97.7 Å². The molecule has 24 rings (SSSR count). The Hall–Kier alpha value is -0.200. The lowest BCUT2D eigenvalue weighted by Gasteiger charge is -2.75. The number of ether oxygens (including phenoxy) is 2. The second-order valence-corrected chi connectivity index (χ2v) is 64.1. The van der Waals surface area contributed by atoms with Crippen LogP contribution in [0.25, 0.3) is 0 Å². The van der Waals surface area contributed by atoms with Crippen LogP contribution in [0.5, 0.6) is 0 Å². The molecule has 18 bridgehead atoms. The summed E-state index contributed by atoms with van der Waals surface area (Å²) in [5, 5.41) is 3.79. The van der Waals surface area contributed by atoms with Crippen molar-refractivity contribution < 1.29 is 9.47 Å². The SMILES string of the molecule is CC(C)(C)C12CCC(C(C)(C)C)(CC1)OC2.CC(C)(C)C12CNC(C(C)(C)C)(C1)C2.CC(C)(C)C12COC(C(C)(C)C)(C1)C2.CC(C)(C)C1CC2(C(C)(C)C)CCN1C2.CC(C)(C)C1CC2CCC1(C(C)(C)C)C2.CC(C)(C)N1CC2(C(C)(C)C)CC1C2.CC(C)C12CC(C(C)C)(C1)C2.CC(C)C12CCC(C(C)C)(C1)C2.CC(C)C12CCC(C(C)C)(CC1)C2. The average molecular weight is 1730 g/mol. The molecule has 14 aliphatic carbocycles. The lowest BCUT2D eigenvalue weighted by molar-refractivity contribution is -0.252. The second kappa shape index (κ2) is 33.0. The third kappa shape index (κ3) is 18.4. The molecule has 24 fully saturated rings. The standard InChI is InChI=1S/C15H28O.C15H28.C14H27N.2C13H25N.C13H24O.C13H24.C12H22.C11H20/c1-12(2,3)14-7-9-15(10-8-14,16-11-14)13(4,5)6;1-13(2,3)12-9-11-7-8-15(12,10-11)14(4,5)6;1-12(2,3)11-9-14(13(4,5)6)7-8-15(11)10-14;1-11(2,3)13-7-10(8-13)14(9-13)12(4,5)6;2*1-10(2,3)12-7-13(8-12,14-9-12)11(4,5)6;1-10(2)12-5-7-13(9-12,8-6-12)11(3)4;1-9(2)11-5-6-12(7-11,8-11)10(3)4;1-8(2)10-5-11(6-10,7-10)9(3)4/h7-11H2,1-6H3;11-12H,7-10H2,1-6H3;11H,7-10H2,1-6H3;10H,7-9H2,1-6H3;14H,7-9H2,1-6H3;7-9H2,1-6H3;10-11H,5-9H2,1-4H3;9-10H,5-8H2,1-4H3;8-9H,5-7H2,1-4H3. The van der Waals surface area contributed by atoms with E-state index in [4.69, 9.17) is 9.47 Å². The number of hydrogen-bond acceptors (Lipinski definition) is 5. The first-order chi connectivity index (χ1) is 55.4. The van der Waals surface area contributed by atoms with Crippen molar-refractivity contribution in [3.05, 3.63) is 0 Å². The molecule has 10 saturated heterocycles. The molecule has 5 heteroatoms. The summed E-state index contributed by atoms with van der Waals surface area (Å²) in [6.07, 6.45) is 40.6. The minimum Gasteiger partial charge on any atom is -0.374 e. The molecule has 0 aromatic carbocycles. The number of rotatable bonds is 6. The molecule has 14 saturated carbocycles. The number of hydrogen-bond donors (Lipinski definition) is 1. The monoisotopic (exact) mass is 1730 g/mol. The van der Waals surface area contributed by atoms with Crippen molar-refractivity contribution in [1.29, 1.82) is 0 Å². The molecule has 10 heterocycles. The van der Waals surface area contributed by atoms with E-state index in [2.05, 4.69) is 347 Å². The predicted molar refractivity (Wildman–Crippen MR) is 542 cm³/mol. The van der Waals surface area contributed by atoms with Crippen LogP contribution in [0.4, 0.5) is 0 Å². The van der Waals surface area contributed by atoms with Crippen LogP contribution in [0.3, 0.4) is 0 Å². The maximum Gasteiger partial charge on any atom is 0.0743 e. The molecule has 10 aliphatic heterocycles. The van der Waals surface area contributed by atoms with E-state index in [1.807, 2.05) is 0 Å². The summed E-state index contributed by atoms with van der Waals surface area (Å²) in [7, 11) is 0.